The third-order valence-corrected chi connectivity index (χ3v) is 3.93. The molecule has 4 heteroatoms. The Balaban J connectivity index is 2.40. The summed E-state index contributed by atoms with van der Waals surface area (Å²) in [4.78, 5) is 2.24. The Labute approximate surface area is 107 Å². The summed E-state index contributed by atoms with van der Waals surface area (Å²) < 4.78 is 13.3. The van der Waals surface area contributed by atoms with Gasteiger partial charge in [-0.2, -0.15) is 0 Å². The summed E-state index contributed by atoms with van der Waals surface area (Å²) in [5.74, 6) is 0.181. The number of rotatable bonds is 2. The lowest BCUT2D eigenvalue weighted by Gasteiger charge is -2.40. The van der Waals surface area contributed by atoms with Gasteiger partial charge in [0.2, 0.25) is 0 Å². The largest absolute Gasteiger partial charge is 0.384 e. The molecule has 98 valence electrons. The van der Waals surface area contributed by atoms with E-state index in [4.69, 9.17) is 11.1 Å². The lowest BCUT2D eigenvalue weighted by molar-refractivity contribution is 0.363. The van der Waals surface area contributed by atoms with Crippen LogP contribution in [0.25, 0.3) is 0 Å². The highest BCUT2D eigenvalue weighted by atomic mass is 19.1. The summed E-state index contributed by atoms with van der Waals surface area (Å²) in [6.07, 6.45) is 2.34. The molecule has 0 saturated carbocycles. The second-order valence-corrected chi connectivity index (χ2v) is 5.13. The first-order chi connectivity index (χ1) is 8.50. The van der Waals surface area contributed by atoms with E-state index < -0.39 is 0 Å². The van der Waals surface area contributed by atoms with Gasteiger partial charge in [-0.15, -0.1) is 0 Å². The number of anilines is 1. The van der Waals surface area contributed by atoms with Gasteiger partial charge in [0.05, 0.1) is 0 Å². The average Bonchev–Trinajstić information content (AvgIpc) is 2.33. The quantitative estimate of drug-likeness (QED) is 0.625. The van der Waals surface area contributed by atoms with Gasteiger partial charge >= 0.3 is 0 Å². The van der Waals surface area contributed by atoms with Crippen LogP contribution < -0.4 is 10.6 Å². The van der Waals surface area contributed by atoms with Gasteiger partial charge in [-0.05, 0) is 43.9 Å². The van der Waals surface area contributed by atoms with Crippen LogP contribution in [-0.4, -0.2) is 18.4 Å². The molecule has 18 heavy (non-hydrogen) atoms. The minimum atomic E-state index is -0.346. The van der Waals surface area contributed by atoms with Gasteiger partial charge in [0.25, 0.3) is 0 Å². The predicted molar refractivity (Wildman–Crippen MR) is 72.6 cm³/mol. The number of nitrogens with two attached hydrogens (primary N) is 1. The van der Waals surface area contributed by atoms with Crippen molar-refractivity contribution in [1.29, 1.82) is 5.41 Å². The molecule has 3 N–H and O–H groups in total. The summed E-state index contributed by atoms with van der Waals surface area (Å²) in [7, 11) is 0. The number of piperidine rings is 1. The average molecular weight is 249 g/mol. The minimum Gasteiger partial charge on any atom is -0.384 e. The Morgan fingerprint density at radius 1 is 1.44 bits per heavy atom. The summed E-state index contributed by atoms with van der Waals surface area (Å²) >= 11 is 0. The van der Waals surface area contributed by atoms with Crippen molar-refractivity contribution < 1.29 is 4.39 Å². The van der Waals surface area contributed by atoms with Gasteiger partial charge in [-0.3, -0.25) is 5.41 Å². The Bertz CT molecular complexity index is 458. The normalized spacial score (nSPS) is 24.1. The molecule has 2 atom stereocenters. The van der Waals surface area contributed by atoms with Crippen molar-refractivity contribution >= 4 is 11.5 Å². The number of nitrogens with zero attached hydrogens (tertiary/aromatic N) is 1. The van der Waals surface area contributed by atoms with Crippen LogP contribution in [0.1, 0.15) is 32.3 Å². The topological polar surface area (TPSA) is 53.1 Å². The van der Waals surface area contributed by atoms with Crippen molar-refractivity contribution in [1.82, 2.24) is 0 Å². The molecular formula is C14H20FN3. The molecule has 0 aliphatic carbocycles. The fraction of sp³-hybridized carbons (Fsp3) is 0.500. The fourth-order valence-corrected chi connectivity index (χ4v) is 2.65. The highest BCUT2D eigenvalue weighted by Gasteiger charge is 2.26. The van der Waals surface area contributed by atoms with Crippen molar-refractivity contribution in [2.75, 3.05) is 11.4 Å². The summed E-state index contributed by atoms with van der Waals surface area (Å²) in [6.45, 7) is 5.35. The van der Waals surface area contributed by atoms with Gasteiger partial charge in [0, 0.05) is 23.8 Å². The molecular weight excluding hydrogens is 229 g/mol. The molecule has 1 aromatic carbocycles. The lowest BCUT2D eigenvalue weighted by Crippen LogP contribution is -2.43. The smallest absolute Gasteiger partial charge is 0.125 e. The first-order valence-electron chi connectivity index (χ1n) is 6.41. The van der Waals surface area contributed by atoms with Crippen LogP contribution >= 0.6 is 0 Å². The van der Waals surface area contributed by atoms with E-state index in [1.54, 1.807) is 6.07 Å². The number of amidine groups is 1. The van der Waals surface area contributed by atoms with Crippen molar-refractivity contribution in [2.24, 2.45) is 11.7 Å². The Kier molecular flexibility index (Phi) is 3.55. The van der Waals surface area contributed by atoms with Crippen LogP contribution in [0, 0.1) is 17.1 Å². The lowest BCUT2D eigenvalue weighted by atomic mass is 9.91. The fourth-order valence-electron chi connectivity index (χ4n) is 2.65. The Morgan fingerprint density at radius 3 is 2.83 bits per heavy atom. The summed E-state index contributed by atoms with van der Waals surface area (Å²) in [6, 6.07) is 4.92. The Morgan fingerprint density at radius 2 is 2.17 bits per heavy atom. The van der Waals surface area contributed by atoms with E-state index in [1.165, 1.54) is 18.6 Å². The van der Waals surface area contributed by atoms with E-state index in [2.05, 4.69) is 18.7 Å². The Hall–Kier alpha value is -1.58. The third kappa shape index (κ3) is 2.33. The number of hydrogen-bond acceptors (Lipinski definition) is 2. The number of nitrogen functional groups attached to an aromatic ring is 1. The molecule has 1 heterocycles. The molecule has 0 aromatic heterocycles. The van der Waals surface area contributed by atoms with E-state index in [9.17, 15) is 4.39 Å². The van der Waals surface area contributed by atoms with Crippen LogP contribution in [0.2, 0.25) is 0 Å². The van der Waals surface area contributed by atoms with Crippen molar-refractivity contribution in [2.45, 2.75) is 32.7 Å². The SMILES string of the molecule is CC1CCCN(c2ccc(F)cc2C(=N)N)C1C. The molecule has 0 amide bonds. The first kappa shape index (κ1) is 12.9. The maximum Gasteiger partial charge on any atom is 0.125 e. The molecule has 2 unspecified atom stereocenters. The molecule has 0 bridgehead atoms. The van der Waals surface area contributed by atoms with E-state index in [-0.39, 0.29) is 11.7 Å². The molecule has 1 saturated heterocycles. The van der Waals surface area contributed by atoms with Crippen LogP contribution in [0.3, 0.4) is 0 Å². The van der Waals surface area contributed by atoms with Gasteiger partial charge in [-0.1, -0.05) is 6.92 Å². The second kappa shape index (κ2) is 4.96. The van der Waals surface area contributed by atoms with Gasteiger partial charge < -0.3 is 10.6 Å². The monoisotopic (exact) mass is 249 g/mol. The van der Waals surface area contributed by atoms with Crippen molar-refractivity contribution in [3.05, 3.63) is 29.6 Å². The zero-order chi connectivity index (χ0) is 13.3. The maximum atomic E-state index is 13.3. The number of nitrogens with one attached hydrogen (secondary N) is 1. The second-order valence-electron chi connectivity index (χ2n) is 5.13. The molecule has 0 radical (unpaired) electrons. The van der Waals surface area contributed by atoms with E-state index >= 15 is 0 Å². The van der Waals surface area contributed by atoms with Crippen LogP contribution in [0.4, 0.5) is 10.1 Å². The molecule has 1 fully saturated rings. The molecule has 2 rings (SSSR count). The highest BCUT2D eigenvalue weighted by molar-refractivity contribution is 6.00. The van der Waals surface area contributed by atoms with Gasteiger partial charge in [0.15, 0.2) is 0 Å². The van der Waals surface area contributed by atoms with E-state index in [1.807, 2.05) is 0 Å². The number of benzene rings is 1. The first-order valence-corrected chi connectivity index (χ1v) is 6.41. The molecule has 1 aliphatic heterocycles. The minimum absolute atomic E-state index is 0.0741. The van der Waals surface area contributed by atoms with Gasteiger partial charge in [-0.25, -0.2) is 4.39 Å². The van der Waals surface area contributed by atoms with Crippen LogP contribution in [0.15, 0.2) is 18.2 Å². The molecule has 0 spiro atoms. The predicted octanol–water partition coefficient (Wildman–Crippen LogP) is 2.73. The number of hydrogen-bond donors (Lipinski definition) is 2. The molecule has 3 nitrogen and oxygen atoms in total. The van der Waals surface area contributed by atoms with Gasteiger partial charge in [0.1, 0.15) is 11.7 Å². The highest BCUT2D eigenvalue weighted by Crippen LogP contribution is 2.31. The number of halogens is 1. The molecule has 1 aliphatic rings. The van der Waals surface area contributed by atoms with Crippen molar-refractivity contribution in [3.63, 3.8) is 0 Å². The standard InChI is InChI=1S/C14H20FN3/c1-9-4-3-7-18(10(9)2)13-6-5-11(15)8-12(13)14(16)17/h5-6,8-10H,3-4,7H2,1-2H3,(H3,16,17). The van der Waals surface area contributed by atoms with Crippen LogP contribution in [0.5, 0.6) is 0 Å². The van der Waals surface area contributed by atoms with E-state index in [0.29, 0.717) is 17.5 Å². The zero-order valence-corrected chi connectivity index (χ0v) is 10.9. The van der Waals surface area contributed by atoms with E-state index in [0.717, 1.165) is 18.7 Å². The summed E-state index contributed by atoms with van der Waals surface area (Å²) in [5, 5.41) is 7.59. The zero-order valence-electron chi connectivity index (χ0n) is 10.9. The summed E-state index contributed by atoms with van der Waals surface area (Å²) in [5.41, 5.74) is 6.93. The maximum absolute atomic E-state index is 13.3. The van der Waals surface area contributed by atoms with Crippen LogP contribution in [-0.2, 0) is 0 Å². The van der Waals surface area contributed by atoms with Crippen molar-refractivity contribution in [3.8, 4) is 0 Å². The third-order valence-electron chi connectivity index (χ3n) is 3.93. The molecule has 1 aromatic rings.